The number of nitrogens with one attached hydrogen (secondary N) is 2. The highest BCUT2D eigenvalue weighted by atomic mass is 32.2. The third-order valence-electron chi connectivity index (χ3n) is 11.3. The molecule has 4 aromatic carbocycles. The van der Waals surface area contributed by atoms with Gasteiger partial charge in [0.25, 0.3) is 11.6 Å². The molecule has 1 saturated heterocycles. The molecule has 18 nitrogen and oxygen atoms in total. The molecule has 3 atom stereocenters. The molecule has 67 heavy (non-hydrogen) atoms. The first kappa shape index (κ1) is 46.5. The number of nitrogens with zero attached hydrogens (tertiary/aromatic N) is 3. The fraction of sp³-hybridized carbons (Fsp3) is 0.319. The van der Waals surface area contributed by atoms with Crippen molar-refractivity contribution in [2.24, 2.45) is 11.8 Å². The average Bonchev–Trinajstić information content (AvgIpc) is 3.95. The zero-order valence-corrected chi connectivity index (χ0v) is 37.6. The highest BCUT2D eigenvalue weighted by molar-refractivity contribution is 7.89. The topological polar surface area (TPSA) is 212 Å². The van der Waals surface area contributed by atoms with Crippen LogP contribution in [0.2, 0.25) is 0 Å². The molecular weight excluding hydrogens is 894 g/mol. The maximum absolute atomic E-state index is 14.8. The van der Waals surface area contributed by atoms with Gasteiger partial charge in [-0.15, -0.1) is 0 Å². The number of methoxy groups -OCH3 is 3. The lowest BCUT2D eigenvalue weighted by atomic mass is 10.2. The number of sulfonamides is 1. The second kappa shape index (κ2) is 20.7. The Morgan fingerprint density at radius 2 is 1.57 bits per heavy atom. The van der Waals surface area contributed by atoms with Gasteiger partial charge in [-0.1, -0.05) is 24.3 Å². The lowest BCUT2D eigenvalue weighted by molar-refractivity contribution is -0.384. The first-order valence-electron chi connectivity index (χ1n) is 21.2. The van der Waals surface area contributed by atoms with Crippen molar-refractivity contribution in [1.29, 1.82) is 0 Å². The van der Waals surface area contributed by atoms with Crippen LogP contribution in [0.5, 0.6) is 34.6 Å². The number of ether oxygens (including phenoxy) is 8. The zero-order chi connectivity index (χ0) is 47.1. The minimum absolute atomic E-state index is 0.00354. The molecule has 0 unspecified atom stereocenters. The lowest BCUT2D eigenvalue weighted by Gasteiger charge is -2.25. The fourth-order valence-electron chi connectivity index (χ4n) is 7.48. The molecular formula is C47H48FN5O13S. The molecule has 0 bridgehead atoms. The van der Waals surface area contributed by atoms with E-state index in [2.05, 4.69) is 15.3 Å². The number of nitro benzene ring substituents is 1. The van der Waals surface area contributed by atoms with Crippen molar-refractivity contribution in [3.05, 3.63) is 130 Å². The van der Waals surface area contributed by atoms with Gasteiger partial charge in [0, 0.05) is 49.4 Å². The van der Waals surface area contributed by atoms with Crippen molar-refractivity contribution >= 4 is 38.4 Å². The quantitative estimate of drug-likeness (QED) is 0.0406. The smallest absolute Gasteiger partial charge is 0.341 e. The molecule has 8 rings (SSSR count). The number of H-pyrrole nitrogens is 1. The highest BCUT2D eigenvalue weighted by Crippen LogP contribution is 2.44. The molecule has 20 heteroatoms. The number of hydrogen-bond donors (Lipinski definition) is 2. The fourth-order valence-corrected chi connectivity index (χ4v) is 8.93. The van der Waals surface area contributed by atoms with E-state index in [9.17, 15) is 27.7 Å². The molecule has 3 heterocycles. The summed E-state index contributed by atoms with van der Waals surface area (Å²) in [7, 11) is -0.188. The number of aromatic amines is 1. The summed E-state index contributed by atoms with van der Waals surface area (Å²) in [5, 5.41) is 16.6. The molecule has 0 amide bonds. The summed E-state index contributed by atoms with van der Waals surface area (Å²) in [6, 6.07) is 23.1. The number of carbonyl (C=O) groups is 1. The van der Waals surface area contributed by atoms with E-state index >= 15 is 0 Å². The maximum atomic E-state index is 14.8. The number of rotatable bonds is 21. The van der Waals surface area contributed by atoms with Gasteiger partial charge in [-0.25, -0.2) is 17.6 Å². The Bertz CT molecular complexity index is 2770. The van der Waals surface area contributed by atoms with Crippen molar-refractivity contribution in [3.63, 3.8) is 0 Å². The number of fused-ring (bicyclic) bond motifs is 1. The van der Waals surface area contributed by atoms with E-state index in [0.29, 0.717) is 53.3 Å². The van der Waals surface area contributed by atoms with Gasteiger partial charge >= 0.3 is 5.97 Å². The SMILES string of the molecule is COC(=O)c1ccc(F)cc1Oc1cc2cc[nH]c2nc1OC[C@H]1C[C@@H]1COc1cc(S(=O)(=O)N(Cc2ccc(OC)cc2)Cc2ccc(OC)cc2)cc([N+](=O)[O-])c1NC[C@H]1COCCO1. The third-order valence-corrected chi connectivity index (χ3v) is 13.1. The molecule has 2 aliphatic rings. The summed E-state index contributed by atoms with van der Waals surface area (Å²) in [5.74, 6) is -0.317. The molecule has 2 fully saturated rings. The second-order valence-corrected chi connectivity index (χ2v) is 17.7. The van der Waals surface area contributed by atoms with Crippen LogP contribution >= 0.6 is 0 Å². The Labute approximate surface area is 385 Å². The van der Waals surface area contributed by atoms with Crippen LogP contribution < -0.4 is 29.0 Å². The van der Waals surface area contributed by atoms with E-state index < -0.39 is 38.5 Å². The summed E-state index contributed by atoms with van der Waals surface area (Å²) >= 11 is 0. The second-order valence-electron chi connectivity index (χ2n) is 15.8. The van der Waals surface area contributed by atoms with Gasteiger partial charge in [0.2, 0.25) is 10.0 Å². The molecule has 1 saturated carbocycles. The monoisotopic (exact) mass is 941 g/mol. The summed E-state index contributed by atoms with van der Waals surface area (Å²) in [5.41, 5.74) is 1.28. The van der Waals surface area contributed by atoms with Gasteiger partial charge in [-0.05, 0) is 77.9 Å². The lowest BCUT2D eigenvalue weighted by Crippen LogP contribution is -2.34. The summed E-state index contributed by atoms with van der Waals surface area (Å²) in [6.45, 7) is 1.18. The number of carbonyl (C=O) groups excluding carboxylic acids is 1. The van der Waals surface area contributed by atoms with Crippen molar-refractivity contribution in [2.45, 2.75) is 30.5 Å². The Morgan fingerprint density at radius 3 is 2.19 bits per heavy atom. The molecule has 2 N–H and O–H groups in total. The standard InChI is InChI=1S/C47H48FN5O13S/c1-59-35-9-4-29(5-10-35)24-52(25-30-6-11-36(60-2)12-7-30)67(57,58)38-21-40(53(55)56)44(50-23-37-28-62-16-17-63-37)42(22-38)64-26-32-18-33(32)27-65-46-43(19-31-14-15-49-45(31)51-46)66-41-20-34(48)8-13-39(41)47(54)61-3/h4-15,19-22,32-33,37,50H,16-18,23-28H2,1-3H3,(H,49,51)/t32-,33-,37+/m1/s1. The van der Waals surface area contributed by atoms with Crippen LogP contribution in [-0.2, 0) is 37.3 Å². The predicted molar refractivity (Wildman–Crippen MR) is 241 cm³/mol. The van der Waals surface area contributed by atoms with Crippen LogP contribution in [0.3, 0.4) is 0 Å². The Hall–Kier alpha value is -7.00. The highest BCUT2D eigenvalue weighted by Gasteiger charge is 2.40. The van der Waals surface area contributed by atoms with E-state index in [1.54, 1.807) is 66.9 Å². The number of esters is 1. The molecule has 1 aliphatic carbocycles. The Kier molecular flexibility index (Phi) is 14.4. The number of benzene rings is 4. The average molecular weight is 942 g/mol. The molecule has 1 aliphatic heterocycles. The minimum atomic E-state index is -4.46. The van der Waals surface area contributed by atoms with Gasteiger partial charge in [-0.2, -0.15) is 9.29 Å². The van der Waals surface area contributed by atoms with Crippen LogP contribution in [0, 0.1) is 27.8 Å². The predicted octanol–water partition coefficient (Wildman–Crippen LogP) is 7.52. The number of aromatic nitrogens is 2. The first-order valence-corrected chi connectivity index (χ1v) is 22.7. The van der Waals surface area contributed by atoms with Gasteiger partial charge in [0.05, 0.1) is 70.3 Å². The van der Waals surface area contributed by atoms with E-state index in [4.69, 9.17) is 37.9 Å². The van der Waals surface area contributed by atoms with Crippen LogP contribution in [0.1, 0.15) is 27.9 Å². The van der Waals surface area contributed by atoms with Crippen LogP contribution in [-0.4, -0.2) is 101 Å². The zero-order valence-electron chi connectivity index (χ0n) is 36.8. The van der Waals surface area contributed by atoms with Gasteiger partial charge in [0.15, 0.2) is 17.2 Å². The molecule has 352 valence electrons. The molecule has 2 aromatic heterocycles. The molecule has 6 aromatic rings. The minimum Gasteiger partial charge on any atom is -0.497 e. The van der Waals surface area contributed by atoms with E-state index in [0.717, 1.165) is 18.2 Å². The van der Waals surface area contributed by atoms with Crippen molar-refractivity contribution in [1.82, 2.24) is 14.3 Å². The molecule has 0 spiro atoms. The Morgan fingerprint density at radius 1 is 0.881 bits per heavy atom. The number of nitro groups is 1. The van der Waals surface area contributed by atoms with E-state index in [-0.39, 0.29) is 90.6 Å². The molecule has 0 radical (unpaired) electrons. The van der Waals surface area contributed by atoms with Gasteiger partial charge in [0.1, 0.15) is 34.3 Å². The van der Waals surface area contributed by atoms with Crippen molar-refractivity contribution < 1.29 is 60.4 Å². The largest absolute Gasteiger partial charge is 0.497 e. The third kappa shape index (κ3) is 11.2. The van der Waals surface area contributed by atoms with Gasteiger partial charge in [-0.3, -0.25) is 10.1 Å². The van der Waals surface area contributed by atoms with Crippen LogP contribution in [0.4, 0.5) is 15.8 Å². The number of halogens is 1. The first-order chi connectivity index (χ1) is 32.4. The summed E-state index contributed by atoms with van der Waals surface area (Å²) < 4.78 is 90.6. The van der Waals surface area contributed by atoms with E-state index in [1.165, 1.54) is 37.8 Å². The van der Waals surface area contributed by atoms with E-state index in [1.807, 2.05) is 0 Å². The number of hydrogen-bond acceptors (Lipinski definition) is 15. The maximum Gasteiger partial charge on any atom is 0.341 e. The number of anilines is 1. The summed E-state index contributed by atoms with van der Waals surface area (Å²) in [6.07, 6.45) is 1.88. The van der Waals surface area contributed by atoms with Crippen LogP contribution in [0.15, 0.2) is 102 Å². The van der Waals surface area contributed by atoms with Crippen molar-refractivity contribution in [3.8, 4) is 34.6 Å². The van der Waals surface area contributed by atoms with Crippen molar-refractivity contribution in [2.75, 3.05) is 66.2 Å². The Balaban J connectivity index is 1.05. The normalized spacial score (nSPS) is 16.9. The van der Waals surface area contributed by atoms with Crippen LogP contribution in [0.25, 0.3) is 11.0 Å². The number of pyridine rings is 1. The summed E-state index contributed by atoms with van der Waals surface area (Å²) in [4.78, 5) is 31.9. The van der Waals surface area contributed by atoms with Gasteiger partial charge < -0.3 is 48.2 Å².